The number of nitrogens with zero attached hydrogens (tertiary/aromatic N) is 5. The van der Waals surface area contributed by atoms with Gasteiger partial charge in [0.05, 0.1) is 21.6 Å². The molecule has 0 unspecified atom stereocenters. The zero-order valence-corrected chi connectivity index (χ0v) is 15.0. The molecular formula is C13H15BrN6O5. The van der Waals surface area contributed by atoms with Crippen LogP contribution in [0.4, 0.5) is 11.6 Å². The monoisotopic (exact) mass is 414 g/mol. The summed E-state index contributed by atoms with van der Waals surface area (Å²) in [5.41, 5.74) is -0.125. The van der Waals surface area contributed by atoms with Gasteiger partial charge in [0.15, 0.2) is 0 Å². The average molecular weight is 415 g/mol. The molecule has 0 aliphatic carbocycles. The van der Waals surface area contributed by atoms with E-state index in [1.165, 1.54) is 16.8 Å². The number of amides is 1. The molecule has 11 nitrogen and oxygen atoms in total. The number of anilines is 1. The fourth-order valence-corrected chi connectivity index (χ4v) is 2.48. The first-order chi connectivity index (χ1) is 12.0. The van der Waals surface area contributed by atoms with Gasteiger partial charge in [-0.2, -0.15) is 0 Å². The summed E-state index contributed by atoms with van der Waals surface area (Å²) in [5, 5.41) is 24.4. The minimum atomic E-state index is -0.588. The molecule has 0 aliphatic heterocycles. The maximum Gasteiger partial charge on any atom is 0.312 e. The Bertz CT molecular complexity index is 780. The summed E-state index contributed by atoms with van der Waals surface area (Å²) in [6.45, 7) is 2.69. The van der Waals surface area contributed by atoms with Gasteiger partial charge >= 0.3 is 5.69 Å². The molecule has 0 saturated carbocycles. The van der Waals surface area contributed by atoms with Crippen molar-refractivity contribution in [2.75, 3.05) is 25.1 Å². The molecule has 1 N–H and O–H groups in total. The highest BCUT2D eigenvalue weighted by Crippen LogP contribution is 2.37. The van der Waals surface area contributed by atoms with Crippen LogP contribution in [0.5, 0.6) is 5.75 Å². The summed E-state index contributed by atoms with van der Waals surface area (Å²) in [5.74, 6) is -0.461. The molecule has 25 heavy (non-hydrogen) atoms. The van der Waals surface area contributed by atoms with E-state index in [0.717, 1.165) is 0 Å². The van der Waals surface area contributed by atoms with Crippen molar-refractivity contribution in [3.05, 3.63) is 32.3 Å². The van der Waals surface area contributed by atoms with Gasteiger partial charge in [0.2, 0.25) is 11.7 Å². The Labute approximate surface area is 150 Å². The van der Waals surface area contributed by atoms with Gasteiger partial charge in [-0.3, -0.25) is 20.2 Å². The first kappa shape index (κ1) is 18.7. The van der Waals surface area contributed by atoms with E-state index in [1.54, 1.807) is 7.05 Å². The fraction of sp³-hybridized carbons (Fsp3) is 0.385. The third kappa shape index (κ3) is 4.48. The van der Waals surface area contributed by atoms with Crippen LogP contribution < -0.4 is 10.1 Å². The highest BCUT2D eigenvalue weighted by Gasteiger charge is 2.24. The van der Waals surface area contributed by atoms with Gasteiger partial charge in [0.1, 0.15) is 6.61 Å². The second kappa shape index (κ2) is 8.48. The lowest BCUT2D eigenvalue weighted by Crippen LogP contribution is -2.17. The SMILES string of the molecule is CCOCCOc1c([N+](=O)[O-])ccc(C(=O)Nc2nnnn2C)c1Br. The van der Waals surface area contributed by atoms with E-state index in [4.69, 9.17) is 9.47 Å². The molecule has 0 atom stereocenters. The number of hydrogen-bond acceptors (Lipinski definition) is 8. The molecule has 2 rings (SSSR count). The fourth-order valence-electron chi connectivity index (χ4n) is 1.85. The van der Waals surface area contributed by atoms with Gasteiger partial charge < -0.3 is 9.47 Å². The number of tetrazole rings is 1. The van der Waals surface area contributed by atoms with Crippen LogP contribution >= 0.6 is 15.9 Å². The van der Waals surface area contributed by atoms with E-state index in [0.29, 0.717) is 6.61 Å². The Kier molecular flexibility index (Phi) is 6.36. The Morgan fingerprint density at radius 3 is 2.80 bits per heavy atom. The van der Waals surface area contributed by atoms with Crippen molar-refractivity contribution >= 4 is 33.5 Å². The maximum absolute atomic E-state index is 12.4. The van der Waals surface area contributed by atoms with Crippen LogP contribution in [0.25, 0.3) is 0 Å². The molecule has 2 aromatic rings. The Morgan fingerprint density at radius 1 is 1.44 bits per heavy atom. The maximum atomic E-state index is 12.4. The summed E-state index contributed by atoms with van der Waals surface area (Å²) in [7, 11) is 1.56. The van der Waals surface area contributed by atoms with Gasteiger partial charge in [-0.25, -0.2) is 4.68 Å². The zero-order valence-electron chi connectivity index (χ0n) is 13.4. The van der Waals surface area contributed by atoms with Crippen LogP contribution in [0.15, 0.2) is 16.6 Å². The van der Waals surface area contributed by atoms with E-state index in [-0.39, 0.29) is 40.6 Å². The second-order valence-corrected chi connectivity index (χ2v) is 5.45. The summed E-state index contributed by atoms with van der Waals surface area (Å²) >= 11 is 3.20. The van der Waals surface area contributed by atoms with E-state index >= 15 is 0 Å². The van der Waals surface area contributed by atoms with E-state index in [9.17, 15) is 14.9 Å². The molecule has 134 valence electrons. The normalized spacial score (nSPS) is 10.5. The molecule has 1 amide bonds. The van der Waals surface area contributed by atoms with Gasteiger partial charge in [0.25, 0.3) is 5.91 Å². The van der Waals surface area contributed by atoms with Crippen molar-refractivity contribution in [1.29, 1.82) is 0 Å². The van der Waals surface area contributed by atoms with Crippen LogP contribution in [0.1, 0.15) is 17.3 Å². The van der Waals surface area contributed by atoms with Crippen molar-refractivity contribution in [3.8, 4) is 5.75 Å². The smallest absolute Gasteiger partial charge is 0.312 e. The van der Waals surface area contributed by atoms with Gasteiger partial charge in [0, 0.05) is 19.7 Å². The van der Waals surface area contributed by atoms with Crippen molar-refractivity contribution in [2.24, 2.45) is 7.05 Å². The minimum Gasteiger partial charge on any atom is -0.484 e. The lowest BCUT2D eigenvalue weighted by molar-refractivity contribution is -0.386. The lowest BCUT2D eigenvalue weighted by atomic mass is 10.1. The predicted molar refractivity (Wildman–Crippen MR) is 89.5 cm³/mol. The van der Waals surface area contributed by atoms with Crippen molar-refractivity contribution in [1.82, 2.24) is 20.2 Å². The molecule has 0 radical (unpaired) electrons. The number of rotatable bonds is 8. The van der Waals surface area contributed by atoms with Gasteiger partial charge in [-0.05, 0) is 39.3 Å². The zero-order chi connectivity index (χ0) is 18.4. The third-order valence-corrected chi connectivity index (χ3v) is 3.83. The first-order valence-corrected chi connectivity index (χ1v) is 7.96. The standard InChI is InChI=1S/C13H15BrN6O5/c1-3-24-6-7-25-11-9(20(22)23)5-4-8(10(11)14)12(21)15-13-16-17-18-19(13)2/h4-5H,3,6-7H2,1-2H3,(H,15,16,18,21). The van der Waals surface area contributed by atoms with E-state index in [2.05, 4.69) is 36.8 Å². The van der Waals surface area contributed by atoms with Crippen molar-refractivity contribution in [3.63, 3.8) is 0 Å². The summed E-state index contributed by atoms with van der Waals surface area (Å²) in [6, 6.07) is 2.52. The van der Waals surface area contributed by atoms with Crippen LogP contribution in [-0.2, 0) is 11.8 Å². The quantitative estimate of drug-likeness (QED) is 0.390. The molecular weight excluding hydrogens is 400 g/mol. The van der Waals surface area contributed by atoms with Crippen LogP contribution in [0, 0.1) is 10.1 Å². The molecule has 0 aliphatic rings. The Morgan fingerprint density at radius 2 is 2.20 bits per heavy atom. The molecule has 1 aromatic carbocycles. The van der Waals surface area contributed by atoms with Crippen molar-refractivity contribution in [2.45, 2.75) is 6.92 Å². The number of aryl methyl sites for hydroxylation is 1. The number of halogens is 1. The highest BCUT2D eigenvalue weighted by atomic mass is 79.9. The number of aromatic nitrogens is 4. The number of nitrogens with one attached hydrogen (secondary N) is 1. The molecule has 0 saturated heterocycles. The number of benzene rings is 1. The van der Waals surface area contributed by atoms with Crippen LogP contribution in [0.2, 0.25) is 0 Å². The first-order valence-electron chi connectivity index (χ1n) is 7.16. The second-order valence-electron chi connectivity index (χ2n) is 4.66. The topological polar surface area (TPSA) is 134 Å². The van der Waals surface area contributed by atoms with Crippen molar-refractivity contribution < 1.29 is 19.2 Å². The van der Waals surface area contributed by atoms with E-state index < -0.39 is 10.8 Å². The number of carbonyl (C=O) groups excluding carboxylic acids is 1. The number of ether oxygens (including phenoxy) is 2. The number of carbonyl (C=O) groups is 1. The summed E-state index contributed by atoms with van der Waals surface area (Å²) in [4.78, 5) is 23.0. The minimum absolute atomic E-state index is 0.0477. The number of hydrogen-bond donors (Lipinski definition) is 1. The van der Waals surface area contributed by atoms with Crippen LogP contribution in [0.3, 0.4) is 0 Å². The van der Waals surface area contributed by atoms with E-state index in [1.807, 2.05) is 6.92 Å². The Balaban J connectivity index is 2.27. The molecule has 1 aromatic heterocycles. The average Bonchev–Trinajstić information content (AvgIpc) is 2.97. The molecule has 0 bridgehead atoms. The predicted octanol–water partition coefficient (Wildman–Crippen LogP) is 1.55. The van der Waals surface area contributed by atoms with Gasteiger partial charge in [-0.1, -0.05) is 5.10 Å². The molecule has 0 fully saturated rings. The lowest BCUT2D eigenvalue weighted by Gasteiger charge is -2.12. The summed E-state index contributed by atoms with van der Waals surface area (Å²) < 4.78 is 12.0. The third-order valence-electron chi connectivity index (χ3n) is 3.04. The molecule has 1 heterocycles. The molecule has 12 heteroatoms. The van der Waals surface area contributed by atoms with Crippen LogP contribution in [-0.4, -0.2) is 50.9 Å². The number of nitro benzene ring substituents is 1. The summed E-state index contributed by atoms with van der Waals surface area (Å²) in [6.07, 6.45) is 0. The largest absolute Gasteiger partial charge is 0.484 e. The van der Waals surface area contributed by atoms with Gasteiger partial charge in [-0.15, -0.1) is 0 Å². The number of nitro groups is 1. The Hall–Kier alpha value is -2.60. The highest BCUT2D eigenvalue weighted by molar-refractivity contribution is 9.10. The molecule has 0 spiro atoms.